The standard InChI is InChI=1S/C21H20F3NO4/c1-2-19(27)25-11-14-10-17(20-16(18(14)12-26)4-3-9-28-20)13-5-7-15(8-6-13)29-21(22,23)24/h2,5-8,10,26H,1,3-4,9,11-12H2,(H,25,27). The second kappa shape index (κ2) is 8.57. The van der Waals surface area contributed by atoms with Crippen LogP contribution in [0.5, 0.6) is 11.5 Å². The summed E-state index contributed by atoms with van der Waals surface area (Å²) in [6.07, 6.45) is -2.14. The SMILES string of the molecule is C=CC(=O)NCc1cc(-c2ccc(OC(F)(F)F)cc2)c2c(c1CO)CCCO2. The van der Waals surface area contributed by atoms with E-state index in [1.807, 2.05) is 0 Å². The van der Waals surface area contributed by atoms with Gasteiger partial charge in [0.1, 0.15) is 11.5 Å². The molecule has 5 nitrogen and oxygen atoms in total. The van der Waals surface area contributed by atoms with E-state index in [1.54, 1.807) is 6.07 Å². The molecule has 0 unspecified atom stereocenters. The molecule has 0 fully saturated rings. The Morgan fingerprint density at radius 2 is 2.03 bits per heavy atom. The molecule has 1 aliphatic heterocycles. The normalized spacial score (nSPS) is 13.2. The summed E-state index contributed by atoms with van der Waals surface area (Å²) in [5.41, 5.74) is 3.55. The van der Waals surface area contributed by atoms with Crippen LogP contribution in [0.2, 0.25) is 0 Å². The van der Waals surface area contributed by atoms with Gasteiger partial charge in [-0.05, 0) is 53.8 Å². The quantitative estimate of drug-likeness (QED) is 0.714. The number of ether oxygens (including phenoxy) is 2. The molecule has 0 aromatic heterocycles. The summed E-state index contributed by atoms with van der Waals surface area (Å²) >= 11 is 0. The smallest absolute Gasteiger partial charge is 0.493 e. The number of aliphatic hydroxyl groups is 1. The number of aliphatic hydroxyl groups excluding tert-OH is 1. The molecule has 2 aromatic rings. The van der Waals surface area contributed by atoms with Crippen molar-refractivity contribution in [1.29, 1.82) is 0 Å². The van der Waals surface area contributed by atoms with Crippen LogP contribution in [0.1, 0.15) is 23.1 Å². The van der Waals surface area contributed by atoms with Crippen LogP contribution in [-0.2, 0) is 24.4 Å². The summed E-state index contributed by atoms with van der Waals surface area (Å²) in [5.74, 6) is -0.0665. The van der Waals surface area contributed by atoms with Crippen LogP contribution in [0.15, 0.2) is 43.0 Å². The zero-order valence-electron chi connectivity index (χ0n) is 15.5. The second-order valence-corrected chi connectivity index (χ2v) is 6.47. The zero-order valence-corrected chi connectivity index (χ0v) is 15.5. The van der Waals surface area contributed by atoms with Crippen LogP contribution in [0, 0.1) is 0 Å². The number of hydrogen-bond acceptors (Lipinski definition) is 4. The largest absolute Gasteiger partial charge is 0.573 e. The molecule has 8 heteroatoms. The average Bonchev–Trinajstić information content (AvgIpc) is 2.70. The Morgan fingerprint density at radius 3 is 2.66 bits per heavy atom. The minimum Gasteiger partial charge on any atom is -0.493 e. The van der Waals surface area contributed by atoms with Crippen molar-refractivity contribution < 1.29 is 32.5 Å². The maximum absolute atomic E-state index is 12.4. The van der Waals surface area contributed by atoms with Gasteiger partial charge in [0.2, 0.25) is 5.91 Å². The molecule has 1 aliphatic rings. The number of alkyl halides is 3. The van der Waals surface area contributed by atoms with E-state index in [0.29, 0.717) is 41.0 Å². The molecule has 2 N–H and O–H groups in total. The van der Waals surface area contributed by atoms with Crippen LogP contribution in [0.4, 0.5) is 13.2 Å². The van der Waals surface area contributed by atoms with Crippen LogP contribution in [-0.4, -0.2) is 24.0 Å². The Labute approximate surface area is 165 Å². The molecule has 0 saturated heterocycles. The third-order valence-electron chi connectivity index (χ3n) is 4.60. The lowest BCUT2D eigenvalue weighted by Crippen LogP contribution is -2.22. The summed E-state index contributed by atoms with van der Waals surface area (Å²) in [7, 11) is 0. The first-order chi connectivity index (χ1) is 13.8. The van der Waals surface area contributed by atoms with Crippen molar-refractivity contribution in [3.05, 3.63) is 59.7 Å². The number of halogens is 3. The van der Waals surface area contributed by atoms with Crippen molar-refractivity contribution >= 4 is 5.91 Å². The minimum absolute atomic E-state index is 0.177. The zero-order chi connectivity index (χ0) is 21.0. The van der Waals surface area contributed by atoms with E-state index in [2.05, 4.69) is 16.6 Å². The Kier molecular flexibility index (Phi) is 6.12. The number of hydrogen-bond donors (Lipinski definition) is 2. The van der Waals surface area contributed by atoms with Gasteiger partial charge in [0, 0.05) is 17.7 Å². The maximum Gasteiger partial charge on any atom is 0.573 e. The van der Waals surface area contributed by atoms with E-state index in [0.717, 1.165) is 18.1 Å². The van der Waals surface area contributed by atoms with Crippen molar-refractivity contribution in [2.45, 2.75) is 32.4 Å². The lowest BCUT2D eigenvalue weighted by atomic mass is 9.89. The highest BCUT2D eigenvalue weighted by molar-refractivity contribution is 5.87. The molecule has 1 heterocycles. The predicted octanol–water partition coefficient (Wildman–Crippen LogP) is 3.87. The fourth-order valence-corrected chi connectivity index (χ4v) is 3.33. The number of carbonyl (C=O) groups excluding carboxylic acids is 1. The number of amides is 1. The van der Waals surface area contributed by atoms with Crippen molar-refractivity contribution in [2.24, 2.45) is 0 Å². The van der Waals surface area contributed by atoms with Gasteiger partial charge in [-0.3, -0.25) is 4.79 Å². The summed E-state index contributed by atoms with van der Waals surface area (Å²) in [5, 5.41) is 12.6. The lowest BCUT2D eigenvalue weighted by Gasteiger charge is -2.25. The first kappa shape index (κ1) is 20.7. The highest BCUT2D eigenvalue weighted by Crippen LogP contribution is 2.41. The molecule has 0 aliphatic carbocycles. The third kappa shape index (κ3) is 4.89. The van der Waals surface area contributed by atoms with Gasteiger partial charge in [0.15, 0.2) is 0 Å². The number of nitrogens with one attached hydrogen (secondary N) is 1. The van der Waals surface area contributed by atoms with E-state index in [1.165, 1.54) is 24.3 Å². The highest BCUT2D eigenvalue weighted by atomic mass is 19.4. The molecule has 0 radical (unpaired) electrons. The highest BCUT2D eigenvalue weighted by Gasteiger charge is 2.31. The fraction of sp³-hybridized carbons (Fsp3) is 0.286. The Morgan fingerprint density at radius 1 is 1.31 bits per heavy atom. The predicted molar refractivity (Wildman–Crippen MR) is 100 cm³/mol. The van der Waals surface area contributed by atoms with Crippen LogP contribution in [0.3, 0.4) is 0 Å². The fourth-order valence-electron chi connectivity index (χ4n) is 3.33. The van der Waals surface area contributed by atoms with Crippen LogP contribution in [0.25, 0.3) is 11.1 Å². The monoisotopic (exact) mass is 407 g/mol. The minimum atomic E-state index is -4.76. The van der Waals surface area contributed by atoms with Gasteiger partial charge >= 0.3 is 6.36 Å². The van der Waals surface area contributed by atoms with Gasteiger partial charge in [-0.2, -0.15) is 0 Å². The van der Waals surface area contributed by atoms with Crippen LogP contribution >= 0.6 is 0 Å². The molecular formula is C21H20F3NO4. The average molecular weight is 407 g/mol. The molecule has 2 aromatic carbocycles. The molecule has 154 valence electrons. The lowest BCUT2D eigenvalue weighted by molar-refractivity contribution is -0.274. The summed E-state index contributed by atoms with van der Waals surface area (Å²) < 4.78 is 47.0. The first-order valence-electron chi connectivity index (χ1n) is 9.00. The van der Waals surface area contributed by atoms with E-state index >= 15 is 0 Å². The van der Waals surface area contributed by atoms with E-state index in [-0.39, 0.29) is 24.8 Å². The Hall–Kier alpha value is -3.00. The van der Waals surface area contributed by atoms with E-state index < -0.39 is 6.36 Å². The van der Waals surface area contributed by atoms with Crippen LogP contribution < -0.4 is 14.8 Å². The van der Waals surface area contributed by atoms with Gasteiger partial charge in [0.05, 0.1) is 13.2 Å². The van der Waals surface area contributed by atoms with Gasteiger partial charge in [-0.15, -0.1) is 13.2 Å². The van der Waals surface area contributed by atoms with E-state index in [9.17, 15) is 23.1 Å². The molecule has 0 bridgehead atoms. The topological polar surface area (TPSA) is 67.8 Å². The molecule has 1 amide bonds. The summed E-state index contributed by atoms with van der Waals surface area (Å²) in [4.78, 5) is 11.6. The Bertz CT molecular complexity index is 908. The molecular weight excluding hydrogens is 387 g/mol. The van der Waals surface area contributed by atoms with Crippen molar-refractivity contribution in [3.63, 3.8) is 0 Å². The molecule has 0 spiro atoms. The van der Waals surface area contributed by atoms with Gasteiger partial charge in [0.25, 0.3) is 0 Å². The van der Waals surface area contributed by atoms with E-state index in [4.69, 9.17) is 4.74 Å². The second-order valence-electron chi connectivity index (χ2n) is 6.47. The maximum atomic E-state index is 12.4. The first-order valence-corrected chi connectivity index (χ1v) is 9.00. The summed E-state index contributed by atoms with van der Waals surface area (Å²) in [6, 6.07) is 7.27. The van der Waals surface area contributed by atoms with Gasteiger partial charge < -0.3 is 19.9 Å². The van der Waals surface area contributed by atoms with Gasteiger partial charge in [-0.1, -0.05) is 18.7 Å². The number of benzene rings is 2. The Balaban J connectivity index is 2.03. The molecule has 0 atom stereocenters. The number of carbonyl (C=O) groups is 1. The molecule has 3 rings (SSSR count). The van der Waals surface area contributed by atoms with Crippen molar-refractivity contribution in [2.75, 3.05) is 6.61 Å². The molecule has 0 saturated carbocycles. The van der Waals surface area contributed by atoms with Crippen molar-refractivity contribution in [1.82, 2.24) is 5.32 Å². The summed E-state index contributed by atoms with van der Waals surface area (Å²) in [6.45, 7) is 3.88. The third-order valence-corrected chi connectivity index (χ3v) is 4.60. The van der Waals surface area contributed by atoms with Gasteiger partial charge in [-0.25, -0.2) is 0 Å². The number of rotatable bonds is 6. The number of fused-ring (bicyclic) bond motifs is 1. The van der Waals surface area contributed by atoms with Crippen molar-refractivity contribution in [3.8, 4) is 22.6 Å². The molecule has 29 heavy (non-hydrogen) atoms.